The van der Waals surface area contributed by atoms with Crippen molar-refractivity contribution in [3.63, 3.8) is 0 Å². The second kappa shape index (κ2) is 5.71. The van der Waals surface area contributed by atoms with E-state index in [9.17, 15) is 21.6 Å². The largest absolute Gasteiger partial charge is 0.396 e. The summed E-state index contributed by atoms with van der Waals surface area (Å²) in [7, 11) is -4.19. The van der Waals surface area contributed by atoms with Crippen LogP contribution in [0.2, 0.25) is 0 Å². The zero-order valence-corrected chi connectivity index (χ0v) is 11.3. The van der Waals surface area contributed by atoms with Gasteiger partial charge >= 0.3 is 0 Å². The second-order valence-electron chi connectivity index (χ2n) is 4.70. The minimum Gasteiger partial charge on any atom is -0.396 e. The molecule has 2 rings (SSSR count). The molecule has 112 valence electrons. The Morgan fingerprint density at radius 2 is 1.75 bits per heavy atom. The Hall–Kier alpha value is -1.12. The summed E-state index contributed by atoms with van der Waals surface area (Å²) in [5.74, 6) is -4.91. The Kier molecular flexibility index (Phi) is 4.36. The molecule has 1 aliphatic rings. The lowest BCUT2D eigenvalue weighted by Crippen LogP contribution is -2.39. The third kappa shape index (κ3) is 2.68. The lowest BCUT2D eigenvalue weighted by molar-refractivity contribution is 0.170. The van der Waals surface area contributed by atoms with Crippen molar-refractivity contribution in [3.05, 3.63) is 29.6 Å². The van der Waals surface area contributed by atoms with Crippen LogP contribution in [-0.4, -0.2) is 37.5 Å². The molecule has 0 bridgehead atoms. The molecule has 20 heavy (non-hydrogen) atoms. The standard InChI is InChI=1S/C12H14F3NO3S/c13-9-1-2-10(12(15)11(9)14)20(18,19)16-5-3-8(7-17)4-6-16/h1-2,8,17H,3-7H2. The first-order valence-corrected chi connectivity index (χ1v) is 7.56. The van der Waals surface area contributed by atoms with Crippen LogP contribution in [0.15, 0.2) is 17.0 Å². The van der Waals surface area contributed by atoms with Crippen LogP contribution in [0.5, 0.6) is 0 Å². The number of aliphatic hydroxyl groups is 1. The fraction of sp³-hybridized carbons (Fsp3) is 0.500. The normalized spacial score (nSPS) is 18.4. The maximum absolute atomic E-state index is 13.6. The molecular formula is C12H14F3NO3S. The van der Waals surface area contributed by atoms with E-state index in [1.54, 1.807) is 0 Å². The van der Waals surface area contributed by atoms with E-state index in [1.165, 1.54) is 0 Å². The Bertz CT molecular complexity index is 598. The molecule has 0 amide bonds. The Balaban J connectivity index is 2.30. The number of piperidine rings is 1. The highest BCUT2D eigenvalue weighted by molar-refractivity contribution is 7.89. The summed E-state index contributed by atoms with van der Waals surface area (Å²) < 4.78 is 65.0. The van der Waals surface area contributed by atoms with Gasteiger partial charge in [0.05, 0.1) is 0 Å². The van der Waals surface area contributed by atoms with Crippen molar-refractivity contribution in [2.75, 3.05) is 19.7 Å². The molecule has 8 heteroatoms. The zero-order valence-electron chi connectivity index (χ0n) is 10.5. The van der Waals surface area contributed by atoms with Crippen LogP contribution in [0.4, 0.5) is 13.2 Å². The van der Waals surface area contributed by atoms with Crippen LogP contribution in [-0.2, 0) is 10.0 Å². The fourth-order valence-electron chi connectivity index (χ4n) is 2.18. The third-order valence-electron chi connectivity index (χ3n) is 3.45. The number of sulfonamides is 1. The number of hydrogen-bond donors (Lipinski definition) is 1. The van der Waals surface area contributed by atoms with Gasteiger partial charge in [-0.25, -0.2) is 21.6 Å². The number of rotatable bonds is 3. The van der Waals surface area contributed by atoms with Gasteiger partial charge in [0, 0.05) is 19.7 Å². The summed E-state index contributed by atoms with van der Waals surface area (Å²) >= 11 is 0. The van der Waals surface area contributed by atoms with E-state index in [4.69, 9.17) is 5.11 Å². The molecule has 0 aromatic heterocycles. The van der Waals surface area contributed by atoms with Gasteiger partial charge in [0.25, 0.3) is 0 Å². The summed E-state index contributed by atoms with van der Waals surface area (Å²) in [5.41, 5.74) is 0. The van der Waals surface area contributed by atoms with Gasteiger partial charge in [-0.2, -0.15) is 4.31 Å². The Morgan fingerprint density at radius 3 is 2.30 bits per heavy atom. The Labute approximate surface area is 114 Å². The first kappa shape index (κ1) is 15.3. The molecule has 1 aliphatic heterocycles. The SMILES string of the molecule is O=S(=O)(c1ccc(F)c(F)c1F)N1CCC(CO)CC1. The zero-order chi connectivity index (χ0) is 14.9. The van der Waals surface area contributed by atoms with E-state index in [0.29, 0.717) is 18.9 Å². The summed E-state index contributed by atoms with van der Waals surface area (Å²) in [6, 6.07) is 1.31. The summed E-state index contributed by atoms with van der Waals surface area (Å²) in [6.07, 6.45) is 0.891. The lowest BCUT2D eigenvalue weighted by atomic mass is 10.00. The van der Waals surface area contributed by atoms with Crippen molar-refractivity contribution >= 4 is 10.0 Å². The van der Waals surface area contributed by atoms with Crippen LogP contribution in [0.25, 0.3) is 0 Å². The number of benzene rings is 1. The predicted molar refractivity (Wildman–Crippen MR) is 64.9 cm³/mol. The molecule has 1 fully saturated rings. The predicted octanol–water partition coefficient (Wildman–Crippen LogP) is 1.50. The molecule has 0 unspecified atom stereocenters. The highest BCUT2D eigenvalue weighted by Gasteiger charge is 2.32. The summed E-state index contributed by atoms with van der Waals surface area (Å²) in [6.45, 7) is 0.200. The molecule has 0 radical (unpaired) electrons. The number of nitrogens with zero attached hydrogens (tertiary/aromatic N) is 1. The number of halogens is 3. The lowest BCUT2D eigenvalue weighted by Gasteiger charge is -2.30. The molecular weight excluding hydrogens is 295 g/mol. The highest BCUT2D eigenvalue weighted by Crippen LogP contribution is 2.26. The molecule has 1 heterocycles. The van der Waals surface area contributed by atoms with Crippen molar-refractivity contribution in [2.24, 2.45) is 5.92 Å². The van der Waals surface area contributed by atoms with Gasteiger partial charge in [0.15, 0.2) is 17.5 Å². The molecule has 0 spiro atoms. The summed E-state index contributed by atoms with van der Waals surface area (Å²) in [5, 5.41) is 8.99. The Morgan fingerprint density at radius 1 is 1.15 bits per heavy atom. The van der Waals surface area contributed by atoms with Crippen molar-refractivity contribution in [1.82, 2.24) is 4.31 Å². The fourth-order valence-corrected chi connectivity index (χ4v) is 3.70. The molecule has 0 saturated carbocycles. The number of aliphatic hydroxyl groups excluding tert-OH is 1. The third-order valence-corrected chi connectivity index (χ3v) is 5.37. The highest BCUT2D eigenvalue weighted by atomic mass is 32.2. The second-order valence-corrected chi connectivity index (χ2v) is 6.61. The molecule has 1 N–H and O–H groups in total. The monoisotopic (exact) mass is 309 g/mol. The van der Waals surface area contributed by atoms with Gasteiger partial charge in [-0.1, -0.05) is 0 Å². The number of hydrogen-bond acceptors (Lipinski definition) is 3. The van der Waals surface area contributed by atoms with E-state index in [1.807, 2.05) is 0 Å². The van der Waals surface area contributed by atoms with Crippen LogP contribution >= 0.6 is 0 Å². The average molecular weight is 309 g/mol. The topological polar surface area (TPSA) is 57.6 Å². The molecule has 0 aliphatic carbocycles. The first-order chi connectivity index (χ1) is 9.37. The molecule has 0 atom stereocenters. The molecule has 4 nitrogen and oxygen atoms in total. The van der Waals surface area contributed by atoms with Crippen molar-refractivity contribution in [1.29, 1.82) is 0 Å². The minimum atomic E-state index is -4.19. The van der Waals surface area contributed by atoms with Gasteiger partial charge in [0.2, 0.25) is 10.0 Å². The summed E-state index contributed by atoms with van der Waals surface area (Å²) in [4.78, 5) is -0.862. The van der Waals surface area contributed by atoms with Crippen molar-refractivity contribution in [2.45, 2.75) is 17.7 Å². The van der Waals surface area contributed by atoms with E-state index in [2.05, 4.69) is 0 Å². The van der Waals surface area contributed by atoms with Gasteiger partial charge in [-0.15, -0.1) is 0 Å². The van der Waals surface area contributed by atoms with Crippen LogP contribution in [0.3, 0.4) is 0 Å². The van der Waals surface area contributed by atoms with Crippen LogP contribution < -0.4 is 0 Å². The average Bonchev–Trinajstić information content (AvgIpc) is 2.44. The van der Waals surface area contributed by atoms with Crippen molar-refractivity contribution < 1.29 is 26.7 Å². The van der Waals surface area contributed by atoms with Crippen LogP contribution in [0.1, 0.15) is 12.8 Å². The molecule has 1 aromatic rings. The maximum Gasteiger partial charge on any atom is 0.246 e. The van der Waals surface area contributed by atoms with E-state index < -0.39 is 32.4 Å². The van der Waals surface area contributed by atoms with Crippen LogP contribution in [0, 0.1) is 23.4 Å². The van der Waals surface area contributed by atoms with Crippen molar-refractivity contribution in [3.8, 4) is 0 Å². The quantitative estimate of drug-likeness (QED) is 0.861. The van der Waals surface area contributed by atoms with E-state index in [0.717, 1.165) is 10.4 Å². The minimum absolute atomic E-state index is 0.0104. The first-order valence-electron chi connectivity index (χ1n) is 6.12. The maximum atomic E-state index is 13.6. The molecule has 1 aromatic carbocycles. The molecule has 1 saturated heterocycles. The van der Waals surface area contributed by atoms with Gasteiger partial charge < -0.3 is 5.11 Å². The van der Waals surface area contributed by atoms with Gasteiger partial charge in [0.1, 0.15) is 4.90 Å². The van der Waals surface area contributed by atoms with E-state index >= 15 is 0 Å². The van der Waals surface area contributed by atoms with E-state index in [-0.39, 0.29) is 25.6 Å². The van der Waals surface area contributed by atoms with Gasteiger partial charge in [-0.05, 0) is 30.9 Å². The smallest absolute Gasteiger partial charge is 0.246 e. The van der Waals surface area contributed by atoms with Gasteiger partial charge in [-0.3, -0.25) is 0 Å².